The number of hydrogen-bond donors (Lipinski definition) is 2. The summed E-state index contributed by atoms with van der Waals surface area (Å²) in [6.07, 6.45) is 0. The molecule has 2 N–H and O–H groups in total. The summed E-state index contributed by atoms with van der Waals surface area (Å²) in [7, 11) is -4.50. The normalized spacial score (nSPS) is 10.8. The summed E-state index contributed by atoms with van der Waals surface area (Å²) >= 11 is 0. The number of nitrogens with zero attached hydrogens (tertiary/aromatic N) is 2. The Balaban J connectivity index is 2.51. The second kappa shape index (κ2) is 9.04. The number of sulfone groups is 1. The summed E-state index contributed by atoms with van der Waals surface area (Å²) < 4.78 is 35.2. The first-order chi connectivity index (χ1) is 14.4. The Hall–Kier alpha value is -4.27. The summed E-state index contributed by atoms with van der Waals surface area (Å²) in [5, 5.41) is 39.7. The fourth-order valence-electron chi connectivity index (χ4n) is 2.27. The molecule has 0 spiro atoms. The molecule has 0 atom stereocenters. The third-order valence-corrected chi connectivity index (χ3v) is 5.33. The van der Waals surface area contributed by atoms with Crippen molar-refractivity contribution in [2.45, 2.75) is 9.79 Å². The second-order valence-electron chi connectivity index (χ2n) is 5.64. The largest absolute Gasteiger partial charge is 0.479 e. The molecule has 15 heteroatoms. The standard InChI is InChI=1S/C16H12N2O12S/c19-15(20)7-29-13-3-1-9(5-11(13)17(23)24)31(27,28)10-2-4-14(30-8-16(21)22)12(6-10)18(25)26/h1-6H,7-8H2,(H,19,20)(H,21,22). The van der Waals surface area contributed by atoms with Crippen LogP contribution < -0.4 is 9.47 Å². The number of carboxylic acid groups (broad SMARTS) is 2. The number of nitro groups is 2. The predicted molar refractivity (Wildman–Crippen MR) is 97.9 cm³/mol. The lowest BCUT2D eigenvalue weighted by Gasteiger charge is -2.09. The summed E-state index contributed by atoms with van der Waals surface area (Å²) in [4.78, 5) is 40.4. The van der Waals surface area contributed by atoms with Crippen LogP contribution in [0.1, 0.15) is 0 Å². The average Bonchev–Trinajstić information content (AvgIpc) is 2.70. The van der Waals surface area contributed by atoms with Crippen LogP contribution in [0.3, 0.4) is 0 Å². The van der Waals surface area contributed by atoms with Crippen molar-refractivity contribution in [1.82, 2.24) is 0 Å². The van der Waals surface area contributed by atoms with E-state index in [1.54, 1.807) is 0 Å². The molecular formula is C16H12N2O12S. The third-order valence-electron chi connectivity index (χ3n) is 3.58. The van der Waals surface area contributed by atoms with Crippen molar-refractivity contribution in [3.63, 3.8) is 0 Å². The van der Waals surface area contributed by atoms with Gasteiger partial charge >= 0.3 is 23.3 Å². The van der Waals surface area contributed by atoms with E-state index < -0.39 is 77.5 Å². The minimum atomic E-state index is -4.50. The number of benzene rings is 2. The van der Waals surface area contributed by atoms with Gasteiger partial charge in [0.15, 0.2) is 24.7 Å². The third kappa shape index (κ3) is 5.41. The number of carboxylic acids is 2. The highest BCUT2D eigenvalue weighted by molar-refractivity contribution is 7.91. The van der Waals surface area contributed by atoms with Crippen molar-refractivity contribution in [2.75, 3.05) is 13.2 Å². The lowest BCUT2D eigenvalue weighted by atomic mass is 10.3. The zero-order valence-corrected chi connectivity index (χ0v) is 16.0. The number of nitro benzene ring substituents is 2. The molecule has 0 saturated carbocycles. The lowest BCUT2D eigenvalue weighted by molar-refractivity contribution is -0.386. The van der Waals surface area contributed by atoms with E-state index >= 15 is 0 Å². The number of aliphatic carboxylic acids is 2. The van der Waals surface area contributed by atoms with Crippen LogP contribution >= 0.6 is 0 Å². The Morgan fingerprint density at radius 1 is 0.806 bits per heavy atom. The van der Waals surface area contributed by atoms with Crippen LogP contribution in [0.15, 0.2) is 46.2 Å². The fourth-order valence-corrected chi connectivity index (χ4v) is 3.57. The van der Waals surface area contributed by atoms with E-state index in [1.807, 2.05) is 0 Å². The van der Waals surface area contributed by atoms with E-state index in [1.165, 1.54) is 0 Å². The number of carbonyl (C=O) groups is 2. The van der Waals surface area contributed by atoms with Gasteiger partial charge in [-0.05, 0) is 24.3 Å². The molecule has 0 bridgehead atoms. The maximum Gasteiger partial charge on any atom is 0.341 e. The molecule has 2 aromatic carbocycles. The molecule has 0 aliphatic rings. The van der Waals surface area contributed by atoms with Gasteiger partial charge < -0.3 is 19.7 Å². The van der Waals surface area contributed by atoms with Crippen molar-refractivity contribution >= 4 is 33.2 Å². The highest BCUT2D eigenvalue weighted by atomic mass is 32.2. The van der Waals surface area contributed by atoms with Crippen LogP contribution in [-0.4, -0.2) is 53.6 Å². The molecule has 0 heterocycles. The molecule has 0 saturated heterocycles. The first-order valence-electron chi connectivity index (χ1n) is 7.94. The molecule has 0 aromatic heterocycles. The van der Waals surface area contributed by atoms with Crippen LogP contribution in [0.5, 0.6) is 11.5 Å². The van der Waals surface area contributed by atoms with Crippen molar-refractivity contribution in [2.24, 2.45) is 0 Å². The Morgan fingerprint density at radius 2 is 1.16 bits per heavy atom. The molecule has 0 aliphatic carbocycles. The zero-order chi connectivity index (χ0) is 23.3. The second-order valence-corrected chi connectivity index (χ2v) is 7.59. The maximum atomic E-state index is 12.8. The van der Waals surface area contributed by atoms with Gasteiger partial charge in [-0.1, -0.05) is 0 Å². The van der Waals surface area contributed by atoms with Gasteiger partial charge in [-0.25, -0.2) is 18.0 Å². The molecule has 31 heavy (non-hydrogen) atoms. The van der Waals surface area contributed by atoms with Crippen molar-refractivity contribution < 1.29 is 47.5 Å². The first kappa shape index (κ1) is 23.0. The van der Waals surface area contributed by atoms with Gasteiger partial charge in [0.2, 0.25) is 9.84 Å². The molecule has 0 radical (unpaired) electrons. The van der Waals surface area contributed by atoms with E-state index in [2.05, 4.69) is 0 Å². The maximum absolute atomic E-state index is 12.8. The Bertz CT molecular complexity index is 1090. The van der Waals surface area contributed by atoms with E-state index in [9.17, 15) is 38.2 Å². The molecule has 2 aromatic rings. The fraction of sp³-hybridized carbons (Fsp3) is 0.125. The summed E-state index contributed by atoms with van der Waals surface area (Å²) in [6, 6.07) is 4.81. The highest BCUT2D eigenvalue weighted by Crippen LogP contribution is 2.35. The number of rotatable bonds is 10. The molecule has 0 aliphatic heterocycles. The van der Waals surface area contributed by atoms with Gasteiger partial charge in [-0.15, -0.1) is 0 Å². The average molecular weight is 456 g/mol. The van der Waals surface area contributed by atoms with E-state index in [0.29, 0.717) is 12.1 Å². The lowest BCUT2D eigenvalue weighted by Crippen LogP contribution is -2.11. The summed E-state index contributed by atoms with van der Waals surface area (Å²) in [5.74, 6) is -3.81. The molecule has 14 nitrogen and oxygen atoms in total. The molecule has 0 amide bonds. The molecule has 2 rings (SSSR count). The molecule has 0 fully saturated rings. The first-order valence-corrected chi connectivity index (χ1v) is 9.43. The quantitative estimate of drug-likeness (QED) is 0.382. The van der Waals surface area contributed by atoms with Crippen LogP contribution in [0, 0.1) is 20.2 Å². The summed E-state index contributed by atoms with van der Waals surface area (Å²) in [6.45, 7) is -1.81. The van der Waals surface area contributed by atoms with Gasteiger partial charge in [0, 0.05) is 12.1 Å². The molecular weight excluding hydrogens is 444 g/mol. The Labute approximate surface area is 172 Å². The minimum Gasteiger partial charge on any atom is -0.479 e. The van der Waals surface area contributed by atoms with Crippen molar-refractivity contribution in [3.8, 4) is 11.5 Å². The topological polar surface area (TPSA) is 213 Å². The van der Waals surface area contributed by atoms with Gasteiger partial charge in [0.05, 0.1) is 19.6 Å². The van der Waals surface area contributed by atoms with Crippen molar-refractivity contribution in [1.29, 1.82) is 0 Å². The minimum absolute atomic E-state index is 0.491. The van der Waals surface area contributed by atoms with E-state index in [-0.39, 0.29) is 0 Å². The van der Waals surface area contributed by atoms with Gasteiger partial charge in [-0.2, -0.15) is 0 Å². The zero-order valence-electron chi connectivity index (χ0n) is 15.2. The Morgan fingerprint density at radius 3 is 1.45 bits per heavy atom. The number of hydrogen-bond acceptors (Lipinski definition) is 10. The van der Waals surface area contributed by atoms with Crippen LogP contribution in [0.25, 0.3) is 0 Å². The van der Waals surface area contributed by atoms with Gasteiger partial charge in [0.1, 0.15) is 0 Å². The van der Waals surface area contributed by atoms with Gasteiger partial charge in [-0.3, -0.25) is 20.2 Å². The molecule has 164 valence electrons. The Kier molecular flexibility index (Phi) is 6.71. The monoisotopic (exact) mass is 456 g/mol. The smallest absolute Gasteiger partial charge is 0.341 e. The van der Waals surface area contributed by atoms with Crippen LogP contribution in [0.2, 0.25) is 0 Å². The highest BCUT2D eigenvalue weighted by Gasteiger charge is 2.27. The number of ether oxygens (including phenoxy) is 2. The van der Waals surface area contributed by atoms with E-state index in [0.717, 1.165) is 24.3 Å². The van der Waals surface area contributed by atoms with Crippen molar-refractivity contribution in [3.05, 3.63) is 56.6 Å². The molecule has 0 unspecified atom stereocenters. The predicted octanol–water partition coefficient (Wildman–Crippen LogP) is 1.26. The van der Waals surface area contributed by atoms with Crippen LogP contribution in [-0.2, 0) is 19.4 Å². The van der Waals surface area contributed by atoms with E-state index in [4.69, 9.17) is 19.7 Å². The summed E-state index contributed by atoms with van der Waals surface area (Å²) in [5.41, 5.74) is -1.67. The van der Waals surface area contributed by atoms with Crippen LogP contribution in [0.4, 0.5) is 11.4 Å². The SMILES string of the molecule is O=C(O)COc1ccc(S(=O)(=O)c2ccc(OCC(=O)O)c([N+](=O)[O-])c2)cc1[N+](=O)[O-]. The van der Waals surface area contributed by atoms with Gasteiger partial charge in [0.25, 0.3) is 0 Å².